The molecule has 1 heterocycles. The monoisotopic (exact) mass is 354 g/mol. The summed E-state index contributed by atoms with van der Waals surface area (Å²) in [4.78, 5) is 37.0. The number of methoxy groups -OCH3 is 1. The van der Waals surface area contributed by atoms with Crippen molar-refractivity contribution in [1.82, 2.24) is 0 Å². The number of carbonyl (C=O) groups excluding carboxylic acids is 3. The minimum absolute atomic E-state index is 0.371. The Morgan fingerprint density at radius 2 is 1.58 bits per heavy atom. The molecule has 1 fully saturated rings. The smallest absolute Gasteiger partial charge is 0.345 e. The predicted octanol–water partition coefficient (Wildman–Crippen LogP) is 2.48. The molecule has 6 heteroatoms. The Kier molecular flexibility index (Phi) is 4.86. The molecule has 3 atom stereocenters. The van der Waals surface area contributed by atoms with Crippen LogP contribution in [0.5, 0.6) is 0 Å². The maximum Gasteiger partial charge on any atom is 0.345 e. The highest BCUT2D eigenvalue weighted by Gasteiger charge is 2.73. The Morgan fingerprint density at radius 1 is 1.00 bits per heavy atom. The van der Waals surface area contributed by atoms with Crippen molar-refractivity contribution in [3.05, 3.63) is 71.8 Å². The molecule has 0 bridgehead atoms. The van der Waals surface area contributed by atoms with Crippen LogP contribution in [-0.4, -0.2) is 36.5 Å². The molecule has 0 N–H and O–H groups in total. The van der Waals surface area contributed by atoms with Gasteiger partial charge in [0.1, 0.15) is 0 Å². The Balaban J connectivity index is 2.01. The number of Topliss-reactive ketones (excluding diaryl/α,β-unsaturated/α-hetero) is 1. The number of esters is 2. The summed E-state index contributed by atoms with van der Waals surface area (Å²) in [5.74, 6) is -1.73. The van der Waals surface area contributed by atoms with Crippen molar-refractivity contribution in [2.75, 3.05) is 7.11 Å². The van der Waals surface area contributed by atoms with Crippen LogP contribution in [0.25, 0.3) is 0 Å². The number of hydrogen-bond acceptors (Lipinski definition) is 6. The van der Waals surface area contributed by atoms with Gasteiger partial charge in [0.2, 0.25) is 5.60 Å². The Bertz CT molecular complexity index is 817. The van der Waals surface area contributed by atoms with Crippen LogP contribution in [0.3, 0.4) is 0 Å². The molecule has 0 aliphatic carbocycles. The lowest BCUT2D eigenvalue weighted by Gasteiger charge is -2.23. The van der Waals surface area contributed by atoms with Gasteiger partial charge in [0, 0.05) is 12.5 Å². The maximum absolute atomic E-state index is 12.8. The van der Waals surface area contributed by atoms with Crippen LogP contribution in [-0.2, 0) is 23.8 Å². The third-order valence-electron chi connectivity index (χ3n) is 4.22. The highest BCUT2D eigenvalue weighted by Crippen LogP contribution is 2.50. The molecule has 3 rings (SSSR count). The zero-order chi connectivity index (χ0) is 18.7. The molecule has 0 radical (unpaired) electrons. The van der Waals surface area contributed by atoms with Gasteiger partial charge in [-0.05, 0) is 5.56 Å². The van der Waals surface area contributed by atoms with E-state index in [4.69, 9.17) is 14.2 Å². The van der Waals surface area contributed by atoms with Crippen LogP contribution < -0.4 is 0 Å². The van der Waals surface area contributed by atoms with Gasteiger partial charge in [-0.25, -0.2) is 4.79 Å². The lowest BCUT2D eigenvalue weighted by molar-refractivity contribution is -0.161. The normalized spacial score (nSPS) is 22.2. The van der Waals surface area contributed by atoms with Gasteiger partial charge < -0.3 is 14.2 Å². The number of epoxide rings is 1. The number of ether oxygens (including phenoxy) is 3. The third-order valence-corrected chi connectivity index (χ3v) is 4.22. The first kappa shape index (κ1) is 17.8. The Labute approximate surface area is 150 Å². The third kappa shape index (κ3) is 3.11. The number of rotatable bonds is 6. The summed E-state index contributed by atoms with van der Waals surface area (Å²) >= 11 is 0. The first-order valence-electron chi connectivity index (χ1n) is 8.08. The number of hydrogen-bond donors (Lipinski definition) is 0. The van der Waals surface area contributed by atoms with Crippen molar-refractivity contribution >= 4 is 17.7 Å². The van der Waals surface area contributed by atoms with E-state index in [1.807, 2.05) is 0 Å². The number of carbonyl (C=O) groups is 3. The lowest BCUT2D eigenvalue weighted by Crippen LogP contribution is -2.39. The van der Waals surface area contributed by atoms with Crippen LogP contribution >= 0.6 is 0 Å². The van der Waals surface area contributed by atoms with Crippen molar-refractivity contribution in [3.8, 4) is 0 Å². The molecular formula is C20H18O6. The molecule has 1 aliphatic heterocycles. The second-order valence-corrected chi connectivity index (χ2v) is 5.91. The molecular weight excluding hydrogens is 336 g/mol. The van der Waals surface area contributed by atoms with Crippen LogP contribution in [0.2, 0.25) is 0 Å². The molecule has 0 aromatic heterocycles. The lowest BCUT2D eigenvalue weighted by atomic mass is 9.89. The summed E-state index contributed by atoms with van der Waals surface area (Å²) < 4.78 is 15.8. The van der Waals surface area contributed by atoms with Gasteiger partial charge in [0.15, 0.2) is 18.0 Å². The van der Waals surface area contributed by atoms with E-state index >= 15 is 0 Å². The molecule has 1 aliphatic rings. The highest BCUT2D eigenvalue weighted by molar-refractivity contribution is 6.07. The average molecular weight is 354 g/mol. The molecule has 134 valence electrons. The van der Waals surface area contributed by atoms with E-state index in [1.165, 1.54) is 14.0 Å². The van der Waals surface area contributed by atoms with Crippen molar-refractivity contribution in [2.24, 2.45) is 0 Å². The van der Waals surface area contributed by atoms with E-state index in [2.05, 4.69) is 0 Å². The molecule has 0 spiro atoms. The van der Waals surface area contributed by atoms with E-state index in [0.29, 0.717) is 11.1 Å². The van der Waals surface area contributed by atoms with Gasteiger partial charge in [-0.3, -0.25) is 9.59 Å². The van der Waals surface area contributed by atoms with Crippen molar-refractivity contribution < 1.29 is 28.6 Å². The molecule has 0 saturated carbocycles. The van der Waals surface area contributed by atoms with Gasteiger partial charge in [-0.2, -0.15) is 0 Å². The Hall–Kier alpha value is -2.99. The molecule has 26 heavy (non-hydrogen) atoms. The van der Waals surface area contributed by atoms with Crippen molar-refractivity contribution in [2.45, 2.75) is 24.7 Å². The fourth-order valence-corrected chi connectivity index (χ4v) is 2.98. The SMILES string of the molecule is COC(=O)[C@]1([C@@H](OC(C)=O)c2ccccc2)O[C@@H]1C(=O)c1ccccc1. The average Bonchev–Trinajstić information content (AvgIpc) is 3.42. The second kappa shape index (κ2) is 7.09. The topological polar surface area (TPSA) is 82.2 Å². The molecule has 2 aromatic rings. The molecule has 1 saturated heterocycles. The van der Waals surface area contributed by atoms with Crippen LogP contribution in [0, 0.1) is 0 Å². The summed E-state index contributed by atoms with van der Waals surface area (Å²) in [6.45, 7) is 1.23. The number of benzene rings is 2. The van der Waals surface area contributed by atoms with Crippen LogP contribution in [0.4, 0.5) is 0 Å². The van der Waals surface area contributed by atoms with Crippen molar-refractivity contribution in [1.29, 1.82) is 0 Å². The quantitative estimate of drug-likeness (QED) is 0.450. The van der Waals surface area contributed by atoms with E-state index in [0.717, 1.165) is 0 Å². The fourth-order valence-electron chi connectivity index (χ4n) is 2.98. The minimum atomic E-state index is -1.70. The van der Waals surface area contributed by atoms with Crippen molar-refractivity contribution in [3.63, 3.8) is 0 Å². The maximum atomic E-state index is 12.8. The molecule has 0 amide bonds. The van der Waals surface area contributed by atoms with Gasteiger partial charge >= 0.3 is 11.9 Å². The zero-order valence-corrected chi connectivity index (χ0v) is 14.4. The van der Waals surface area contributed by atoms with Gasteiger partial charge in [0.05, 0.1) is 7.11 Å². The summed E-state index contributed by atoms with van der Waals surface area (Å²) in [7, 11) is 1.20. The summed E-state index contributed by atoms with van der Waals surface area (Å²) in [6, 6.07) is 17.2. The second-order valence-electron chi connectivity index (χ2n) is 5.91. The van der Waals surface area contributed by atoms with Gasteiger partial charge in [-0.1, -0.05) is 60.7 Å². The standard InChI is InChI=1S/C20H18O6/c1-13(21)25-17(15-11-7-4-8-12-15)20(19(23)24-2)18(26-20)16(22)14-9-5-3-6-10-14/h3-12,17-18H,1-2H3/t17-,18+,20+/m0/s1. The van der Waals surface area contributed by atoms with E-state index < -0.39 is 29.7 Å². The van der Waals surface area contributed by atoms with Crippen LogP contribution in [0.15, 0.2) is 60.7 Å². The Morgan fingerprint density at radius 3 is 2.12 bits per heavy atom. The first-order chi connectivity index (χ1) is 12.5. The van der Waals surface area contributed by atoms with Crippen LogP contribution in [0.1, 0.15) is 28.9 Å². The largest absolute Gasteiger partial charge is 0.467 e. The summed E-state index contributed by atoms with van der Waals surface area (Å²) in [6.07, 6.45) is -2.19. The highest BCUT2D eigenvalue weighted by atomic mass is 16.7. The van der Waals surface area contributed by atoms with E-state index in [9.17, 15) is 14.4 Å². The molecule has 0 unspecified atom stereocenters. The first-order valence-corrected chi connectivity index (χ1v) is 8.08. The van der Waals surface area contributed by atoms with Gasteiger partial charge in [0.25, 0.3) is 0 Å². The summed E-state index contributed by atoms with van der Waals surface area (Å²) in [5, 5.41) is 0. The summed E-state index contributed by atoms with van der Waals surface area (Å²) in [5.41, 5.74) is -0.760. The number of ketones is 1. The van der Waals surface area contributed by atoms with E-state index in [1.54, 1.807) is 60.7 Å². The molecule has 6 nitrogen and oxygen atoms in total. The minimum Gasteiger partial charge on any atom is -0.467 e. The predicted molar refractivity (Wildman–Crippen MR) is 91.3 cm³/mol. The molecule has 2 aromatic carbocycles. The van der Waals surface area contributed by atoms with Gasteiger partial charge in [-0.15, -0.1) is 0 Å². The van der Waals surface area contributed by atoms with E-state index in [-0.39, 0.29) is 5.78 Å². The zero-order valence-electron chi connectivity index (χ0n) is 14.4. The fraction of sp³-hybridized carbons (Fsp3) is 0.250.